The minimum absolute atomic E-state index is 0.0290. The quantitative estimate of drug-likeness (QED) is 0.0321. The normalized spacial score (nSPS) is 13.5. The van der Waals surface area contributed by atoms with Crippen molar-refractivity contribution in [2.75, 3.05) is 6.61 Å². The van der Waals surface area contributed by atoms with E-state index in [1.54, 1.807) is 0 Å². The lowest BCUT2D eigenvalue weighted by Gasteiger charge is -2.23. The Hall–Kier alpha value is -2.18. The molecule has 374 valence electrons. The Bertz CT molecular complexity index is 1100. The molecule has 0 rings (SSSR count). The van der Waals surface area contributed by atoms with Gasteiger partial charge in [0, 0.05) is 6.42 Å². The van der Waals surface area contributed by atoms with E-state index in [1.807, 2.05) is 12.2 Å². The summed E-state index contributed by atoms with van der Waals surface area (Å²) in [6, 6.07) is -0.732. The molecule has 0 saturated heterocycles. The minimum Gasteiger partial charge on any atom is -0.458 e. The van der Waals surface area contributed by atoms with Crippen LogP contribution in [0.1, 0.15) is 284 Å². The maximum atomic E-state index is 13.2. The molecule has 0 fully saturated rings. The van der Waals surface area contributed by atoms with Gasteiger partial charge in [-0.2, -0.15) is 0 Å². The molecular weight excluding hydrogens is 791 g/mol. The molecule has 0 bridgehead atoms. The Morgan fingerprint density at radius 2 is 0.828 bits per heavy atom. The van der Waals surface area contributed by atoms with Crippen LogP contribution in [0.5, 0.6) is 0 Å². The van der Waals surface area contributed by atoms with Gasteiger partial charge >= 0.3 is 5.97 Å². The van der Waals surface area contributed by atoms with Gasteiger partial charge in [-0.15, -0.1) is 0 Å². The summed E-state index contributed by atoms with van der Waals surface area (Å²) in [7, 11) is 0. The van der Waals surface area contributed by atoms with Crippen LogP contribution in [0.2, 0.25) is 0 Å². The van der Waals surface area contributed by atoms with Crippen LogP contribution in [0.15, 0.2) is 48.6 Å². The molecule has 64 heavy (non-hydrogen) atoms. The second-order valence-corrected chi connectivity index (χ2v) is 19.0. The van der Waals surface area contributed by atoms with Gasteiger partial charge in [0.2, 0.25) is 5.91 Å². The van der Waals surface area contributed by atoms with E-state index in [1.165, 1.54) is 186 Å². The number of esters is 1. The maximum absolute atomic E-state index is 13.2. The van der Waals surface area contributed by atoms with Crippen LogP contribution in [-0.4, -0.2) is 46.9 Å². The highest BCUT2D eigenvalue weighted by molar-refractivity contribution is 5.78. The van der Waals surface area contributed by atoms with Crippen LogP contribution in [0.4, 0.5) is 0 Å². The van der Waals surface area contributed by atoms with Gasteiger partial charge < -0.3 is 20.3 Å². The number of hydrogen-bond donors (Lipinski definition) is 3. The summed E-state index contributed by atoms with van der Waals surface area (Å²) in [4.78, 5) is 26.1. The molecule has 6 heteroatoms. The number of amides is 1. The average Bonchev–Trinajstić information content (AvgIpc) is 3.29. The van der Waals surface area contributed by atoms with E-state index >= 15 is 0 Å². The Morgan fingerprint density at radius 1 is 0.469 bits per heavy atom. The van der Waals surface area contributed by atoms with Crippen molar-refractivity contribution in [1.29, 1.82) is 0 Å². The van der Waals surface area contributed by atoms with Crippen LogP contribution in [0.3, 0.4) is 0 Å². The average molecular weight is 898 g/mol. The van der Waals surface area contributed by atoms with E-state index in [0.29, 0.717) is 12.8 Å². The van der Waals surface area contributed by atoms with Crippen molar-refractivity contribution in [2.45, 2.75) is 302 Å². The van der Waals surface area contributed by atoms with Crippen molar-refractivity contribution in [1.82, 2.24) is 5.32 Å². The number of unbranched alkanes of at least 4 members (excludes halogenated alkanes) is 32. The molecular formula is C58H107NO5. The van der Waals surface area contributed by atoms with Crippen LogP contribution in [0.25, 0.3) is 0 Å². The molecule has 1 amide bonds. The lowest BCUT2D eigenvalue weighted by Crippen LogP contribution is -2.46. The summed E-state index contributed by atoms with van der Waals surface area (Å²) in [6.45, 7) is 6.44. The molecule has 0 aromatic carbocycles. The molecule has 3 unspecified atom stereocenters. The number of carbonyl (C=O) groups excluding carboxylic acids is 2. The van der Waals surface area contributed by atoms with Crippen molar-refractivity contribution in [2.24, 2.45) is 0 Å². The van der Waals surface area contributed by atoms with Gasteiger partial charge in [0.1, 0.15) is 6.10 Å². The first-order chi connectivity index (χ1) is 31.5. The molecule has 3 atom stereocenters. The topological polar surface area (TPSA) is 95.9 Å². The van der Waals surface area contributed by atoms with Crippen LogP contribution < -0.4 is 5.32 Å². The van der Waals surface area contributed by atoms with Crippen molar-refractivity contribution < 1.29 is 24.5 Å². The van der Waals surface area contributed by atoms with Gasteiger partial charge in [-0.25, -0.2) is 0 Å². The summed E-state index contributed by atoms with van der Waals surface area (Å²) in [6.07, 6.45) is 63.5. The molecule has 0 aliphatic rings. The maximum Gasteiger partial charge on any atom is 0.306 e. The number of carbonyl (C=O) groups is 2. The SMILES string of the molecule is CCCCC/C=C\C/C=C\CCCCCCCCCCCC(=O)OC(/C=C/C/C=C\CCCCCCCC)CC(=O)NC(CO)C(O)CCCCCCCCCCCCCCCCC. The smallest absolute Gasteiger partial charge is 0.306 e. The number of rotatable bonds is 50. The summed E-state index contributed by atoms with van der Waals surface area (Å²) < 4.78 is 5.84. The molecule has 0 aromatic heterocycles. The van der Waals surface area contributed by atoms with Crippen molar-refractivity contribution >= 4 is 11.9 Å². The van der Waals surface area contributed by atoms with Crippen LogP contribution in [0, 0.1) is 0 Å². The monoisotopic (exact) mass is 898 g/mol. The number of aliphatic hydroxyl groups excluding tert-OH is 2. The van der Waals surface area contributed by atoms with E-state index in [4.69, 9.17) is 4.74 Å². The van der Waals surface area contributed by atoms with E-state index in [-0.39, 0.29) is 24.9 Å². The van der Waals surface area contributed by atoms with Gasteiger partial charge in [-0.1, -0.05) is 250 Å². The molecule has 0 aromatic rings. The zero-order chi connectivity index (χ0) is 46.7. The van der Waals surface area contributed by atoms with Gasteiger partial charge in [0.15, 0.2) is 0 Å². The second-order valence-electron chi connectivity index (χ2n) is 19.0. The number of ether oxygens (including phenoxy) is 1. The fraction of sp³-hybridized carbons (Fsp3) is 0.828. The molecule has 0 heterocycles. The second kappa shape index (κ2) is 51.8. The van der Waals surface area contributed by atoms with Crippen LogP contribution in [-0.2, 0) is 14.3 Å². The Morgan fingerprint density at radius 3 is 1.27 bits per heavy atom. The molecule has 6 nitrogen and oxygen atoms in total. The molecule has 3 N–H and O–H groups in total. The predicted molar refractivity (Wildman–Crippen MR) is 278 cm³/mol. The standard InChI is InChI=1S/C58H107NO5/c1-4-7-10-13-16-19-22-24-26-27-28-29-31-33-36-39-42-45-48-51-58(63)64-54(49-46-43-40-37-34-21-18-15-12-9-6-3)52-57(62)59-55(53-60)56(61)50-47-44-41-38-35-32-30-25-23-20-17-14-11-8-5-2/h16,19,24,26,37,40,46,49,54-56,60-61H,4-15,17-18,20-23,25,27-36,38-39,41-45,47-48,50-53H2,1-3H3,(H,59,62)/b19-16-,26-24-,40-37-,49-46+. The van der Waals surface area contributed by atoms with Gasteiger partial charge in [-0.3, -0.25) is 9.59 Å². The highest BCUT2D eigenvalue weighted by Gasteiger charge is 2.23. The van der Waals surface area contributed by atoms with Gasteiger partial charge in [0.05, 0.1) is 25.2 Å². The Kier molecular flexibility index (Phi) is 50.0. The largest absolute Gasteiger partial charge is 0.458 e. The lowest BCUT2D eigenvalue weighted by molar-refractivity contribution is -0.148. The highest BCUT2D eigenvalue weighted by Crippen LogP contribution is 2.17. The molecule has 0 saturated carbocycles. The van der Waals surface area contributed by atoms with Crippen LogP contribution >= 0.6 is 0 Å². The fourth-order valence-corrected chi connectivity index (χ4v) is 8.37. The first-order valence-electron chi connectivity index (χ1n) is 27.9. The third kappa shape index (κ3) is 46.4. The Labute approximate surface area is 397 Å². The van der Waals surface area contributed by atoms with E-state index < -0.39 is 18.2 Å². The summed E-state index contributed by atoms with van der Waals surface area (Å²) >= 11 is 0. The molecule has 0 radical (unpaired) electrons. The van der Waals surface area contributed by atoms with E-state index in [2.05, 4.69) is 62.5 Å². The third-order valence-electron chi connectivity index (χ3n) is 12.6. The molecule has 0 aliphatic carbocycles. The molecule has 0 aliphatic heterocycles. The molecule has 0 spiro atoms. The van der Waals surface area contributed by atoms with Crippen molar-refractivity contribution in [3.63, 3.8) is 0 Å². The minimum atomic E-state index is -0.811. The van der Waals surface area contributed by atoms with Crippen molar-refractivity contribution in [3.8, 4) is 0 Å². The predicted octanol–water partition coefficient (Wildman–Crippen LogP) is 17.0. The zero-order valence-corrected chi connectivity index (χ0v) is 42.7. The lowest BCUT2D eigenvalue weighted by atomic mass is 10.0. The van der Waals surface area contributed by atoms with Crippen molar-refractivity contribution in [3.05, 3.63) is 48.6 Å². The highest BCUT2D eigenvalue weighted by atomic mass is 16.5. The Balaban J connectivity index is 4.52. The zero-order valence-electron chi connectivity index (χ0n) is 42.7. The summed E-state index contributed by atoms with van der Waals surface area (Å²) in [5.41, 5.74) is 0. The third-order valence-corrected chi connectivity index (χ3v) is 12.6. The first-order valence-corrected chi connectivity index (χ1v) is 27.9. The number of hydrogen-bond acceptors (Lipinski definition) is 5. The van der Waals surface area contributed by atoms with Gasteiger partial charge in [0.25, 0.3) is 0 Å². The fourth-order valence-electron chi connectivity index (χ4n) is 8.37. The summed E-state index contributed by atoms with van der Waals surface area (Å²) in [5, 5.41) is 23.8. The van der Waals surface area contributed by atoms with Gasteiger partial charge in [-0.05, 0) is 70.3 Å². The van der Waals surface area contributed by atoms with E-state index in [0.717, 1.165) is 57.8 Å². The summed E-state index contributed by atoms with van der Waals surface area (Å²) in [5.74, 6) is -0.599. The number of nitrogens with one attached hydrogen (secondary N) is 1. The van der Waals surface area contributed by atoms with E-state index in [9.17, 15) is 19.8 Å². The first kappa shape index (κ1) is 61.8. The number of allylic oxidation sites excluding steroid dienone is 7. The number of aliphatic hydroxyl groups is 2.